The molecule has 2 aliphatic heterocycles. The number of aliphatic imine (C=N–C) groups is 1. The Labute approximate surface area is 189 Å². The highest BCUT2D eigenvalue weighted by atomic mass is 127. The van der Waals surface area contributed by atoms with Gasteiger partial charge in [-0.15, -0.1) is 24.0 Å². The van der Waals surface area contributed by atoms with E-state index in [9.17, 15) is 0 Å². The molecule has 0 radical (unpaired) electrons. The van der Waals surface area contributed by atoms with Gasteiger partial charge in [-0.1, -0.05) is 19.3 Å². The summed E-state index contributed by atoms with van der Waals surface area (Å²) in [7, 11) is 4.46. The molecule has 0 amide bonds. The van der Waals surface area contributed by atoms with E-state index in [2.05, 4.69) is 41.0 Å². The van der Waals surface area contributed by atoms with Crippen molar-refractivity contribution in [3.63, 3.8) is 0 Å². The van der Waals surface area contributed by atoms with Crippen molar-refractivity contribution in [3.8, 4) is 0 Å². The molecular formula is C21H42IN5O. The molecule has 0 aromatic heterocycles. The second-order valence-corrected chi connectivity index (χ2v) is 8.66. The fourth-order valence-corrected chi connectivity index (χ4v) is 5.03. The number of morpholine rings is 1. The first-order chi connectivity index (χ1) is 13.2. The maximum absolute atomic E-state index is 5.52. The first-order valence-electron chi connectivity index (χ1n) is 11.2. The van der Waals surface area contributed by atoms with Gasteiger partial charge in [0.05, 0.1) is 19.8 Å². The molecule has 6 nitrogen and oxygen atoms in total. The normalized spacial score (nSPS) is 26.4. The number of likely N-dealkylation sites (N-methyl/N-ethyl adjacent to an activating group) is 1. The van der Waals surface area contributed by atoms with Crippen LogP contribution in [0.25, 0.3) is 0 Å². The minimum absolute atomic E-state index is 0. The van der Waals surface area contributed by atoms with Crippen molar-refractivity contribution in [2.75, 3.05) is 66.6 Å². The van der Waals surface area contributed by atoms with E-state index in [4.69, 9.17) is 9.73 Å². The van der Waals surface area contributed by atoms with Crippen molar-refractivity contribution in [1.29, 1.82) is 0 Å². The summed E-state index contributed by atoms with van der Waals surface area (Å²) in [5.74, 6) is 1.93. The van der Waals surface area contributed by atoms with Gasteiger partial charge in [0.1, 0.15) is 0 Å². The number of nitrogens with zero attached hydrogens (tertiary/aromatic N) is 4. The van der Waals surface area contributed by atoms with Crippen LogP contribution in [0.2, 0.25) is 0 Å². The van der Waals surface area contributed by atoms with E-state index in [1.165, 1.54) is 38.5 Å². The van der Waals surface area contributed by atoms with Crippen LogP contribution in [-0.2, 0) is 4.74 Å². The Bertz CT molecular complexity index is 464. The zero-order valence-electron chi connectivity index (χ0n) is 18.2. The molecule has 3 rings (SSSR count). The van der Waals surface area contributed by atoms with E-state index in [0.717, 1.165) is 64.4 Å². The SMILES string of the molecule is CCNC(=NCC(C1CCCCC1)N(C)C)N1CCC(N2CCOCC2)C1.I. The van der Waals surface area contributed by atoms with Gasteiger partial charge in [-0.2, -0.15) is 0 Å². The summed E-state index contributed by atoms with van der Waals surface area (Å²) in [6, 6.07) is 1.22. The molecule has 2 unspecified atom stereocenters. The molecule has 0 spiro atoms. The number of ether oxygens (including phenoxy) is 1. The van der Waals surface area contributed by atoms with Gasteiger partial charge in [-0.25, -0.2) is 0 Å². The lowest BCUT2D eigenvalue weighted by Crippen LogP contribution is -2.47. The Morgan fingerprint density at radius 3 is 2.46 bits per heavy atom. The van der Waals surface area contributed by atoms with Gasteiger partial charge < -0.3 is 19.9 Å². The second-order valence-electron chi connectivity index (χ2n) is 8.66. The number of nitrogens with one attached hydrogen (secondary N) is 1. The highest BCUT2D eigenvalue weighted by Crippen LogP contribution is 2.28. The van der Waals surface area contributed by atoms with E-state index in [0.29, 0.717) is 12.1 Å². The largest absolute Gasteiger partial charge is 0.379 e. The monoisotopic (exact) mass is 507 g/mol. The van der Waals surface area contributed by atoms with Crippen LogP contribution >= 0.6 is 24.0 Å². The number of rotatable bonds is 6. The predicted molar refractivity (Wildman–Crippen MR) is 128 cm³/mol. The Kier molecular flexibility index (Phi) is 10.8. The van der Waals surface area contributed by atoms with Gasteiger partial charge in [0.25, 0.3) is 0 Å². The fourth-order valence-electron chi connectivity index (χ4n) is 5.03. The molecule has 7 heteroatoms. The van der Waals surface area contributed by atoms with Crippen molar-refractivity contribution in [1.82, 2.24) is 20.0 Å². The highest BCUT2D eigenvalue weighted by Gasteiger charge is 2.31. The van der Waals surface area contributed by atoms with E-state index in [1.54, 1.807) is 0 Å². The van der Waals surface area contributed by atoms with Crippen LogP contribution < -0.4 is 5.32 Å². The molecule has 0 bridgehead atoms. The summed E-state index contributed by atoms with van der Waals surface area (Å²) in [4.78, 5) is 12.6. The lowest BCUT2D eigenvalue weighted by molar-refractivity contribution is 0.0195. The highest BCUT2D eigenvalue weighted by molar-refractivity contribution is 14.0. The molecule has 3 aliphatic rings. The van der Waals surface area contributed by atoms with Gasteiger partial charge in [-0.05, 0) is 46.2 Å². The topological polar surface area (TPSA) is 43.3 Å². The number of hydrogen-bond acceptors (Lipinski definition) is 4. The molecule has 1 aliphatic carbocycles. The first kappa shape index (κ1) is 24.2. The molecule has 1 N–H and O–H groups in total. The molecule has 164 valence electrons. The lowest BCUT2D eigenvalue weighted by Gasteiger charge is -2.34. The zero-order chi connectivity index (χ0) is 19.1. The van der Waals surface area contributed by atoms with Crippen LogP contribution in [0.1, 0.15) is 45.4 Å². The molecule has 2 heterocycles. The first-order valence-corrected chi connectivity index (χ1v) is 11.2. The quantitative estimate of drug-likeness (QED) is 0.340. The maximum atomic E-state index is 5.52. The number of halogens is 1. The van der Waals surface area contributed by atoms with Crippen molar-refractivity contribution >= 4 is 29.9 Å². The molecule has 2 atom stereocenters. The smallest absolute Gasteiger partial charge is 0.194 e. The third-order valence-electron chi connectivity index (χ3n) is 6.65. The molecule has 3 fully saturated rings. The summed E-state index contributed by atoms with van der Waals surface area (Å²) >= 11 is 0. The van der Waals surface area contributed by atoms with Crippen molar-refractivity contribution < 1.29 is 4.74 Å². The van der Waals surface area contributed by atoms with Crippen LogP contribution in [0.15, 0.2) is 4.99 Å². The average molecular weight is 508 g/mol. The minimum Gasteiger partial charge on any atom is -0.379 e. The van der Waals surface area contributed by atoms with E-state index in [1.807, 2.05) is 0 Å². The van der Waals surface area contributed by atoms with Gasteiger partial charge in [0.15, 0.2) is 5.96 Å². The predicted octanol–water partition coefficient (Wildman–Crippen LogP) is 2.49. The molecule has 1 saturated carbocycles. The summed E-state index contributed by atoms with van der Waals surface area (Å²) < 4.78 is 5.52. The standard InChI is InChI=1S/C21H41N5O.HI/c1-4-22-21(23-16-20(24(2)3)18-8-6-5-7-9-18)26-11-10-19(17-26)25-12-14-27-15-13-25;/h18-20H,4-17H2,1-3H3,(H,22,23);1H. The third-order valence-corrected chi connectivity index (χ3v) is 6.65. The van der Waals surface area contributed by atoms with Gasteiger partial charge >= 0.3 is 0 Å². The molecule has 0 aromatic carbocycles. The van der Waals surface area contributed by atoms with E-state index < -0.39 is 0 Å². The van der Waals surface area contributed by atoms with E-state index in [-0.39, 0.29) is 24.0 Å². The number of hydrogen-bond donors (Lipinski definition) is 1. The summed E-state index contributed by atoms with van der Waals surface area (Å²) in [5.41, 5.74) is 0. The van der Waals surface area contributed by atoms with Crippen LogP contribution in [0, 0.1) is 5.92 Å². The Morgan fingerprint density at radius 2 is 1.82 bits per heavy atom. The number of likely N-dealkylation sites (tertiary alicyclic amines) is 1. The van der Waals surface area contributed by atoms with Crippen LogP contribution in [0.5, 0.6) is 0 Å². The maximum Gasteiger partial charge on any atom is 0.194 e. The van der Waals surface area contributed by atoms with Crippen molar-refractivity contribution in [3.05, 3.63) is 0 Å². The fraction of sp³-hybridized carbons (Fsp3) is 0.952. The lowest BCUT2D eigenvalue weighted by atomic mass is 9.83. The third kappa shape index (κ3) is 6.71. The van der Waals surface area contributed by atoms with Crippen LogP contribution in [-0.4, -0.2) is 99.3 Å². The second kappa shape index (κ2) is 12.5. The van der Waals surface area contributed by atoms with Crippen LogP contribution in [0.3, 0.4) is 0 Å². The Morgan fingerprint density at radius 1 is 1.11 bits per heavy atom. The van der Waals surface area contributed by atoms with Crippen LogP contribution in [0.4, 0.5) is 0 Å². The Balaban J connectivity index is 0.00000280. The molecule has 2 saturated heterocycles. The molecule has 28 heavy (non-hydrogen) atoms. The van der Waals surface area contributed by atoms with E-state index >= 15 is 0 Å². The summed E-state index contributed by atoms with van der Waals surface area (Å²) in [6.07, 6.45) is 8.19. The molecule has 0 aromatic rings. The van der Waals surface area contributed by atoms with Crippen molar-refractivity contribution in [2.45, 2.75) is 57.5 Å². The van der Waals surface area contributed by atoms with Crippen molar-refractivity contribution in [2.24, 2.45) is 10.9 Å². The average Bonchev–Trinajstić information content (AvgIpc) is 3.19. The number of guanidine groups is 1. The summed E-state index contributed by atoms with van der Waals surface area (Å²) in [6.45, 7) is 10.2. The molecular weight excluding hydrogens is 465 g/mol. The minimum atomic E-state index is 0. The summed E-state index contributed by atoms with van der Waals surface area (Å²) in [5, 5.41) is 3.56. The van der Waals surface area contributed by atoms with Gasteiger partial charge in [0, 0.05) is 44.8 Å². The van der Waals surface area contributed by atoms with Gasteiger partial charge in [-0.3, -0.25) is 9.89 Å². The van der Waals surface area contributed by atoms with Gasteiger partial charge in [0.2, 0.25) is 0 Å². The Hall–Kier alpha value is -0.120. The zero-order valence-corrected chi connectivity index (χ0v) is 20.6.